The molecule has 0 radical (unpaired) electrons. The number of rotatable bonds is 4. The number of hydrogen-bond donors (Lipinski definition) is 2. The van der Waals surface area contributed by atoms with Gasteiger partial charge in [0, 0.05) is 6.54 Å². The lowest BCUT2D eigenvalue weighted by molar-refractivity contribution is 0.554. The van der Waals surface area contributed by atoms with Gasteiger partial charge in [-0.3, -0.25) is 4.98 Å². The van der Waals surface area contributed by atoms with Crippen molar-refractivity contribution in [3.8, 4) is 0 Å². The normalized spacial score (nSPS) is 11.9. The first-order chi connectivity index (χ1) is 10.5. The van der Waals surface area contributed by atoms with Crippen LogP contribution in [0.5, 0.6) is 0 Å². The van der Waals surface area contributed by atoms with E-state index in [0.29, 0.717) is 16.7 Å². The van der Waals surface area contributed by atoms with E-state index in [0.717, 1.165) is 0 Å². The molecular weight excluding hydrogens is 328 g/mol. The molecular formula is C14H11ClN2O4S. The molecule has 0 aliphatic carbocycles. The lowest BCUT2D eigenvalue weighted by Gasteiger charge is -2.08. The minimum Gasteiger partial charge on any atom is -0.408 e. The Bertz CT molecular complexity index is 991. The van der Waals surface area contributed by atoms with Crippen molar-refractivity contribution in [3.05, 3.63) is 63.6 Å². The van der Waals surface area contributed by atoms with Crippen molar-refractivity contribution in [2.24, 2.45) is 0 Å². The summed E-state index contributed by atoms with van der Waals surface area (Å²) in [5, 5.41) is 0.155. The molecule has 0 bridgehead atoms. The first kappa shape index (κ1) is 14.8. The van der Waals surface area contributed by atoms with Gasteiger partial charge in [-0.25, -0.2) is 17.9 Å². The zero-order chi connectivity index (χ0) is 15.7. The maximum atomic E-state index is 12.2. The molecule has 0 aliphatic heterocycles. The Labute approximate surface area is 130 Å². The van der Waals surface area contributed by atoms with Gasteiger partial charge >= 0.3 is 5.76 Å². The molecule has 0 saturated heterocycles. The van der Waals surface area contributed by atoms with E-state index in [4.69, 9.17) is 16.0 Å². The average molecular weight is 339 g/mol. The van der Waals surface area contributed by atoms with Crippen LogP contribution in [0.2, 0.25) is 5.02 Å². The van der Waals surface area contributed by atoms with Gasteiger partial charge in [0.15, 0.2) is 5.58 Å². The van der Waals surface area contributed by atoms with E-state index in [1.54, 1.807) is 30.3 Å². The summed E-state index contributed by atoms with van der Waals surface area (Å²) >= 11 is 5.90. The number of H-pyrrole nitrogens is 1. The number of aromatic amines is 1. The molecule has 22 heavy (non-hydrogen) atoms. The zero-order valence-corrected chi connectivity index (χ0v) is 12.7. The standard InChI is InChI=1S/C14H11ClN2O4S/c15-10-3-1-2-4-13(10)22(19,20)16-8-9-5-6-11-12(7-9)21-14(18)17-11/h1-7,16H,8H2,(H,17,18). The Morgan fingerprint density at radius 2 is 1.95 bits per heavy atom. The van der Waals surface area contributed by atoms with Gasteiger partial charge in [-0.2, -0.15) is 0 Å². The maximum Gasteiger partial charge on any atom is 0.417 e. The summed E-state index contributed by atoms with van der Waals surface area (Å²) in [6, 6.07) is 11.1. The van der Waals surface area contributed by atoms with Gasteiger partial charge in [0.25, 0.3) is 0 Å². The Morgan fingerprint density at radius 1 is 1.18 bits per heavy atom. The lowest BCUT2D eigenvalue weighted by atomic mass is 10.2. The molecule has 0 spiro atoms. The highest BCUT2D eigenvalue weighted by molar-refractivity contribution is 7.89. The highest BCUT2D eigenvalue weighted by Crippen LogP contribution is 2.20. The number of fused-ring (bicyclic) bond motifs is 1. The molecule has 0 unspecified atom stereocenters. The van der Waals surface area contributed by atoms with Crippen LogP contribution in [-0.2, 0) is 16.6 Å². The van der Waals surface area contributed by atoms with Crippen LogP contribution in [0.1, 0.15) is 5.56 Å². The average Bonchev–Trinajstić information content (AvgIpc) is 2.85. The number of oxazole rings is 1. The van der Waals surface area contributed by atoms with Crippen molar-refractivity contribution in [2.75, 3.05) is 0 Å². The molecule has 1 aromatic heterocycles. The highest BCUT2D eigenvalue weighted by atomic mass is 35.5. The second-order valence-corrected chi connectivity index (χ2v) is 6.74. The molecule has 6 nitrogen and oxygen atoms in total. The van der Waals surface area contributed by atoms with E-state index in [1.807, 2.05) is 0 Å². The van der Waals surface area contributed by atoms with Crippen molar-refractivity contribution in [1.29, 1.82) is 0 Å². The summed E-state index contributed by atoms with van der Waals surface area (Å²) in [5.41, 5.74) is 1.59. The molecule has 0 saturated carbocycles. The van der Waals surface area contributed by atoms with E-state index in [-0.39, 0.29) is 16.5 Å². The third-order valence-corrected chi connectivity index (χ3v) is 4.98. The van der Waals surface area contributed by atoms with E-state index >= 15 is 0 Å². The summed E-state index contributed by atoms with van der Waals surface area (Å²) in [4.78, 5) is 13.6. The van der Waals surface area contributed by atoms with Gasteiger partial charge in [0.05, 0.1) is 10.5 Å². The SMILES string of the molecule is O=c1[nH]c2ccc(CNS(=O)(=O)c3ccccc3Cl)cc2o1. The van der Waals surface area contributed by atoms with Crippen LogP contribution < -0.4 is 10.5 Å². The van der Waals surface area contributed by atoms with Gasteiger partial charge in [-0.1, -0.05) is 29.8 Å². The second kappa shape index (κ2) is 5.60. The molecule has 2 aromatic carbocycles. The molecule has 0 atom stereocenters. The number of nitrogens with one attached hydrogen (secondary N) is 2. The third kappa shape index (κ3) is 2.92. The molecule has 3 aromatic rings. The first-order valence-corrected chi connectivity index (χ1v) is 8.18. The van der Waals surface area contributed by atoms with Crippen LogP contribution in [0.25, 0.3) is 11.1 Å². The minimum atomic E-state index is -3.72. The monoisotopic (exact) mass is 338 g/mol. The third-order valence-electron chi connectivity index (χ3n) is 3.08. The molecule has 8 heteroatoms. The number of aromatic nitrogens is 1. The van der Waals surface area contributed by atoms with Crippen LogP contribution in [-0.4, -0.2) is 13.4 Å². The van der Waals surface area contributed by atoms with Crippen LogP contribution in [0.15, 0.2) is 56.6 Å². The molecule has 2 N–H and O–H groups in total. The summed E-state index contributed by atoms with van der Waals surface area (Å²) in [5.74, 6) is -0.552. The fourth-order valence-corrected chi connectivity index (χ4v) is 3.55. The molecule has 0 fully saturated rings. The minimum absolute atomic E-state index is 0.0194. The number of sulfonamides is 1. The highest BCUT2D eigenvalue weighted by Gasteiger charge is 2.17. The van der Waals surface area contributed by atoms with Crippen molar-refractivity contribution in [2.45, 2.75) is 11.4 Å². The summed E-state index contributed by atoms with van der Waals surface area (Å²) in [6.07, 6.45) is 0. The van der Waals surface area contributed by atoms with Gasteiger partial charge in [-0.15, -0.1) is 0 Å². The molecule has 0 aliphatic rings. The summed E-state index contributed by atoms with van der Waals surface area (Å²) < 4.78 is 31.8. The fraction of sp³-hybridized carbons (Fsp3) is 0.0714. The predicted molar refractivity (Wildman–Crippen MR) is 82.3 cm³/mol. The Kier molecular flexibility index (Phi) is 3.78. The fourth-order valence-electron chi connectivity index (χ4n) is 2.02. The number of hydrogen-bond acceptors (Lipinski definition) is 4. The first-order valence-electron chi connectivity index (χ1n) is 6.32. The Hall–Kier alpha value is -2.09. The van der Waals surface area contributed by atoms with Crippen LogP contribution in [0, 0.1) is 0 Å². The zero-order valence-electron chi connectivity index (χ0n) is 11.2. The van der Waals surface area contributed by atoms with Crippen LogP contribution in [0.3, 0.4) is 0 Å². The Morgan fingerprint density at radius 3 is 2.73 bits per heavy atom. The predicted octanol–water partition coefficient (Wildman–Crippen LogP) is 2.25. The van der Waals surface area contributed by atoms with Crippen molar-refractivity contribution >= 4 is 32.7 Å². The molecule has 114 valence electrons. The second-order valence-electron chi connectivity index (χ2n) is 4.60. The van der Waals surface area contributed by atoms with Gasteiger partial charge < -0.3 is 4.42 Å². The smallest absolute Gasteiger partial charge is 0.408 e. The van der Waals surface area contributed by atoms with E-state index in [1.165, 1.54) is 12.1 Å². The van der Waals surface area contributed by atoms with Crippen LogP contribution >= 0.6 is 11.6 Å². The number of benzene rings is 2. The summed E-state index contributed by atoms with van der Waals surface area (Å²) in [6.45, 7) is 0.0540. The van der Waals surface area contributed by atoms with E-state index in [9.17, 15) is 13.2 Å². The summed E-state index contributed by atoms with van der Waals surface area (Å²) in [7, 11) is -3.72. The van der Waals surface area contributed by atoms with Crippen LogP contribution in [0.4, 0.5) is 0 Å². The van der Waals surface area contributed by atoms with Gasteiger partial charge in [-0.05, 0) is 29.8 Å². The molecule has 1 heterocycles. The van der Waals surface area contributed by atoms with Gasteiger partial charge in [0.1, 0.15) is 4.90 Å². The van der Waals surface area contributed by atoms with Crippen molar-refractivity contribution in [1.82, 2.24) is 9.71 Å². The maximum absolute atomic E-state index is 12.2. The lowest BCUT2D eigenvalue weighted by Crippen LogP contribution is -2.23. The largest absolute Gasteiger partial charge is 0.417 e. The van der Waals surface area contributed by atoms with Crippen molar-refractivity contribution in [3.63, 3.8) is 0 Å². The van der Waals surface area contributed by atoms with E-state index < -0.39 is 15.8 Å². The van der Waals surface area contributed by atoms with Crippen molar-refractivity contribution < 1.29 is 12.8 Å². The quantitative estimate of drug-likeness (QED) is 0.763. The topological polar surface area (TPSA) is 92.2 Å². The molecule has 3 rings (SSSR count). The number of halogens is 1. The Balaban J connectivity index is 1.84. The van der Waals surface area contributed by atoms with Gasteiger partial charge in [0.2, 0.25) is 10.0 Å². The van der Waals surface area contributed by atoms with E-state index in [2.05, 4.69) is 9.71 Å². The molecule has 0 amide bonds.